The summed E-state index contributed by atoms with van der Waals surface area (Å²) in [7, 11) is 0. The van der Waals surface area contributed by atoms with E-state index in [2.05, 4.69) is 0 Å². The fourth-order valence-electron chi connectivity index (χ4n) is 2.69. The highest BCUT2D eigenvalue weighted by atomic mass is 19.4. The highest BCUT2D eigenvalue weighted by molar-refractivity contribution is 4.77. The van der Waals surface area contributed by atoms with Crippen LogP contribution in [0.3, 0.4) is 0 Å². The van der Waals surface area contributed by atoms with Gasteiger partial charge in [0.2, 0.25) is 0 Å². The van der Waals surface area contributed by atoms with Gasteiger partial charge in [0.15, 0.2) is 6.10 Å². The van der Waals surface area contributed by atoms with E-state index < -0.39 is 18.4 Å². The second-order valence-electron chi connectivity index (χ2n) is 5.93. The molecular formula is C15H28F3NO. The normalized spacial score (nSPS) is 29.2. The van der Waals surface area contributed by atoms with E-state index in [1.165, 1.54) is 19.3 Å². The fraction of sp³-hybridized carbons (Fsp3) is 1.00. The zero-order valence-electron chi connectivity index (χ0n) is 12.4. The number of ether oxygens (including phenoxy) is 1. The van der Waals surface area contributed by atoms with Gasteiger partial charge in [-0.15, -0.1) is 0 Å². The summed E-state index contributed by atoms with van der Waals surface area (Å²) in [5.41, 5.74) is 6.06. The summed E-state index contributed by atoms with van der Waals surface area (Å²) < 4.78 is 43.1. The molecule has 0 radical (unpaired) electrons. The van der Waals surface area contributed by atoms with Crippen LogP contribution in [0, 0.1) is 0 Å². The molecule has 1 saturated carbocycles. The van der Waals surface area contributed by atoms with Gasteiger partial charge in [0.05, 0.1) is 6.10 Å². The van der Waals surface area contributed by atoms with Crippen molar-refractivity contribution in [3.8, 4) is 0 Å². The smallest absolute Gasteiger partial charge is 0.364 e. The second kappa shape index (κ2) is 8.88. The highest BCUT2D eigenvalue weighted by Crippen LogP contribution is 2.26. The number of nitrogens with two attached hydrogens (primary N) is 1. The first-order valence-corrected chi connectivity index (χ1v) is 7.89. The van der Waals surface area contributed by atoms with Crippen molar-refractivity contribution in [3.05, 3.63) is 0 Å². The monoisotopic (exact) mass is 295 g/mol. The lowest BCUT2D eigenvalue weighted by atomic mass is 9.96. The summed E-state index contributed by atoms with van der Waals surface area (Å²) in [6.45, 7) is 1.07. The Morgan fingerprint density at radius 3 is 1.85 bits per heavy atom. The van der Waals surface area contributed by atoms with E-state index in [9.17, 15) is 13.2 Å². The number of alkyl halides is 3. The topological polar surface area (TPSA) is 35.2 Å². The molecule has 3 unspecified atom stereocenters. The summed E-state index contributed by atoms with van der Waals surface area (Å²) >= 11 is 0. The zero-order valence-corrected chi connectivity index (χ0v) is 12.4. The standard InChI is InChI=1S/C15H28F3NO/c1-12(15(16,17)18)20-14-11-9-7-5-3-2-4-6-8-10-13(14)19/h12-14H,2-11,19H2,1H3. The molecule has 0 spiro atoms. The van der Waals surface area contributed by atoms with Crippen LogP contribution in [0.25, 0.3) is 0 Å². The van der Waals surface area contributed by atoms with Crippen LogP contribution in [0.2, 0.25) is 0 Å². The van der Waals surface area contributed by atoms with Crippen molar-refractivity contribution >= 4 is 0 Å². The van der Waals surface area contributed by atoms with Crippen LogP contribution in [-0.2, 0) is 4.74 Å². The first-order chi connectivity index (χ1) is 9.41. The van der Waals surface area contributed by atoms with Gasteiger partial charge in [-0.05, 0) is 19.8 Å². The molecule has 2 N–H and O–H groups in total. The summed E-state index contributed by atoms with van der Waals surface area (Å²) in [6.07, 6.45) is 3.84. The minimum atomic E-state index is -4.30. The van der Waals surface area contributed by atoms with Gasteiger partial charge in [0, 0.05) is 6.04 Å². The van der Waals surface area contributed by atoms with Crippen molar-refractivity contribution in [2.24, 2.45) is 5.73 Å². The molecule has 5 heteroatoms. The molecule has 120 valence electrons. The van der Waals surface area contributed by atoms with Gasteiger partial charge in [-0.3, -0.25) is 0 Å². The summed E-state index contributed by atoms with van der Waals surface area (Å²) in [4.78, 5) is 0. The molecule has 0 aromatic carbocycles. The molecule has 1 aliphatic rings. The number of hydrogen-bond donors (Lipinski definition) is 1. The Labute approximate surface area is 120 Å². The molecule has 0 aromatic rings. The maximum absolute atomic E-state index is 12.6. The van der Waals surface area contributed by atoms with Crippen LogP contribution in [-0.4, -0.2) is 24.4 Å². The lowest BCUT2D eigenvalue weighted by Crippen LogP contribution is -2.42. The van der Waals surface area contributed by atoms with E-state index in [4.69, 9.17) is 10.5 Å². The Hall–Kier alpha value is -0.290. The Bertz CT molecular complexity index is 258. The molecule has 0 heterocycles. The lowest BCUT2D eigenvalue weighted by molar-refractivity contribution is -0.229. The molecule has 20 heavy (non-hydrogen) atoms. The molecule has 0 aliphatic heterocycles. The summed E-state index contributed by atoms with van der Waals surface area (Å²) in [6, 6.07) is -0.278. The minimum absolute atomic E-state index is 0.278. The van der Waals surface area contributed by atoms with Gasteiger partial charge in [-0.25, -0.2) is 0 Å². The minimum Gasteiger partial charge on any atom is -0.364 e. The molecule has 3 atom stereocenters. The van der Waals surface area contributed by atoms with E-state index in [0.717, 1.165) is 45.4 Å². The maximum Gasteiger partial charge on any atom is 0.414 e. The Balaban J connectivity index is 2.52. The third-order valence-corrected chi connectivity index (χ3v) is 4.09. The van der Waals surface area contributed by atoms with E-state index in [-0.39, 0.29) is 6.04 Å². The SMILES string of the molecule is CC(OC1CCCCCCCCCCC1N)C(F)(F)F. The van der Waals surface area contributed by atoms with Crippen molar-refractivity contribution in [1.29, 1.82) is 0 Å². The molecule has 1 rings (SSSR count). The maximum atomic E-state index is 12.6. The first kappa shape index (κ1) is 17.8. The predicted octanol–water partition coefficient (Wildman–Crippen LogP) is 4.56. The Kier molecular flexibility index (Phi) is 7.88. The van der Waals surface area contributed by atoms with Crippen molar-refractivity contribution < 1.29 is 17.9 Å². The van der Waals surface area contributed by atoms with Gasteiger partial charge < -0.3 is 10.5 Å². The first-order valence-electron chi connectivity index (χ1n) is 7.89. The average Bonchev–Trinajstić information content (AvgIpc) is 2.36. The van der Waals surface area contributed by atoms with E-state index in [1.54, 1.807) is 0 Å². The highest BCUT2D eigenvalue weighted by Gasteiger charge is 2.39. The third-order valence-electron chi connectivity index (χ3n) is 4.09. The molecule has 0 amide bonds. The van der Waals surface area contributed by atoms with Crippen molar-refractivity contribution in [2.75, 3.05) is 0 Å². The van der Waals surface area contributed by atoms with Gasteiger partial charge in [0.1, 0.15) is 0 Å². The Morgan fingerprint density at radius 1 is 0.900 bits per heavy atom. The quantitative estimate of drug-likeness (QED) is 0.810. The third kappa shape index (κ3) is 6.93. The fourth-order valence-corrected chi connectivity index (χ4v) is 2.69. The number of rotatable bonds is 2. The molecule has 1 aliphatic carbocycles. The van der Waals surface area contributed by atoms with Crippen LogP contribution >= 0.6 is 0 Å². The lowest BCUT2D eigenvalue weighted by Gasteiger charge is -2.29. The van der Waals surface area contributed by atoms with E-state index in [1.807, 2.05) is 0 Å². The summed E-state index contributed by atoms with van der Waals surface area (Å²) in [5.74, 6) is 0. The van der Waals surface area contributed by atoms with Crippen LogP contribution < -0.4 is 5.73 Å². The molecule has 0 aromatic heterocycles. The van der Waals surface area contributed by atoms with Gasteiger partial charge >= 0.3 is 6.18 Å². The van der Waals surface area contributed by atoms with Crippen molar-refractivity contribution in [1.82, 2.24) is 0 Å². The van der Waals surface area contributed by atoms with E-state index in [0.29, 0.717) is 6.42 Å². The second-order valence-corrected chi connectivity index (χ2v) is 5.93. The largest absolute Gasteiger partial charge is 0.414 e. The van der Waals surface area contributed by atoms with Crippen LogP contribution in [0.1, 0.15) is 71.1 Å². The molecule has 2 nitrogen and oxygen atoms in total. The van der Waals surface area contributed by atoms with Crippen molar-refractivity contribution in [2.45, 2.75) is 95.6 Å². The summed E-state index contributed by atoms with van der Waals surface area (Å²) in [5, 5.41) is 0. The molecule has 1 fully saturated rings. The van der Waals surface area contributed by atoms with Gasteiger partial charge in [-0.1, -0.05) is 51.4 Å². The molecule has 0 saturated heterocycles. The zero-order chi connectivity index (χ0) is 15.0. The molecular weight excluding hydrogens is 267 g/mol. The van der Waals surface area contributed by atoms with E-state index >= 15 is 0 Å². The van der Waals surface area contributed by atoms with Gasteiger partial charge in [-0.2, -0.15) is 13.2 Å². The van der Waals surface area contributed by atoms with Crippen LogP contribution in [0.4, 0.5) is 13.2 Å². The predicted molar refractivity (Wildman–Crippen MR) is 74.5 cm³/mol. The Morgan fingerprint density at radius 2 is 1.35 bits per heavy atom. The van der Waals surface area contributed by atoms with Crippen LogP contribution in [0.5, 0.6) is 0 Å². The van der Waals surface area contributed by atoms with Crippen LogP contribution in [0.15, 0.2) is 0 Å². The average molecular weight is 295 g/mol. The number of halogens is 3. The van der Waals surface area contributed by atoms with Gasteiger partial charge in [0.25, 0.3) is 0 Å². The van der Waals surface area contributed by atoms with Crippen molar-refractivity contribution in [3.63, 3.8) is 0 Å². The number of hydrogen-bond acceptors (Lipinski definition) is 2. The molecule has 0 bridgehead atoms.